The molecule has 0 aliphatic heterocycles. The van der Waals surface area contributed by atoms with E-state index < -0.39 is 0 Å². The average molecular weight is 217 g/mol. The van der Waals surface area contributed by atoms with E-state index in [1.165, 1.54) is 12.8 Å². The Kier molecular flexibility index (Phi) is 11.9. The van der Waals surface area contributed by atoms with Gasteiger partial charge in [-0.2, -0.15) is 0 Å². The molecule has 0 rings (SSSR count). The maximum absolute atomic E-state index is 5.41. The summed E-state index contributed by atoms with van der Waals surface area (Å²) in [7, 11) is 1.70. The smallest absolute Gasteiger partial charge is 0.0700 e. The fraction of sp³-hybridized carbons (Fsp3) is 1.00. The molecule has 3 nitrogen and oxygen atoms in total. The molecule has 92 valence electrons. The Morgan fingerprint density at radius 2 is 1.93 bits per heavy atom. The van der Waals surface area contributed by atoms with Crippen molar-refractivity contribution in [3.05, 3.63) is 0 Å². The largest absolute Gasteiger partial charge is 0.382 e. The Morgan fingerprint density at radius 3 is 2.60 bits per heavy atom. The second kappa shape index (κ2) is 12.0. The van der Waals surface area contributed by atoms with Crippen LogP contribution in [-0.4, -0.2) is 40.0 Å². The Bertz CT molecular complexity index is 120. The first kappa shape index (κ1) is 14.9. The summed E-state index contributed by atoms with van der Waals surface area (Å²) in [5.41, 5.74) is 0. The van der Waals surface area contributed by atoms with E-state index in [2.05, 4.69) is 19.2 Å². The zero-order valence-corrected chi connectivity index (χ0v) is 10.6. The summed E-state index contributed by atoms with van der Waals surface area (Å²) in [6.07, 6.45) is 3.70. The lowest BCUT2D eigenvalue weighted by atomic mass is 10.0. The van der Waals surface area contributed by atoms with Crippen LogP contribution in [0, 0.1) is 5.92 Å². The van der Waals surface area contributed by atoms with Crippen molar-refractivity contribution in [1.82, 2.24) is 5.32 Å². The highest BCUT2D eigenvalue weighted by atomic mass is 16.5. The molecule has 1 N–H and O–H groups in total. The highest BCUT2D eigenvalue weighted by molar-refractivity contribution is 4.55. The van der Waals surface area contributed by atoms with Gasteiger partial charge in [0.1, 0.15) is 0 Å². The van der Waals surface area contributed by atoms with Crippen molar-refractivity contribution < 1.29 is 9.47 Å². The van der Waals surface area contributed by atoms with Crippen LogP contribution >= 0.6 is 0 Å². The van der Waals surface area contributed by atoms with E-state index in [9.17, 15) is 0 Å². The van der Waals surface area contributed by atoms with Crippen molar-refractivity contribution in [2.24, 2.45) is 5.92 Å². The first-order valence-electron chi connectivity index (χ1n) is 6.08. The van der Waals surface area contributed by atoms with Gasteiger partial charge >= 0.3 is 0 Å². The van der Waals surface area contributed by atoms with Gasteiger partial charge < -0.3 is 14.8 Å². The maximum atomic E-state index is 5.41. The summed E-state index contributed by atoms with van der Waals surface area (Å²) in [4.78, 5) is 0. The minimum atomic E-state index is 0.704. The van der Waals surface area contributed by atoms with Crippen molar-refractivity contribution in [3.63, 3.8) is 0 Å². The Labute approximate surface area is 94.5 Å². The molecule has 15 heavy (non-hydrogen) atoms. The van der Waals surface area contributed by atoms with Gasteiger partial charge in [-0.15, -0.1) is 0 Å². The van der Waals surface area contributed by atoms with E-state index >= 15 is 0 Å². The fourth-order valence-corrected chi connectivity index (χ4v) is 1.45. The summed E-state index contributed by atoms with van der Waals surface area (Å²) in [6, 6.07) is 0. The predicted octanol–water partition coefficient (Wildman–Crippen LogP) is 2.07. The summed E-state index contributed by atoms with van der Waals surface area (Å²) in [5.74, 6) is 0.801. The molecule has 0 aromatic carbocycles. The fourth-order valence-electron chi connectivity index (χ4n) is 1.45. The third-order valence-electron chi connectivity index (χ3n) is 2.48. The Morgan fingerprint density at radius 1 is 1.13 bits per heavy atom. The van der Waals surface area contributed by atoms with Crippen molar-refractivity contribution in [1.29, 1.82) is 0 Å². The summed E-state index contributed by atoms with van der Waals surface area (Å²) in [5, 5.41) is 3.35. The van der Waals surface area contributed by atoms with E-state index in [4.69, 9.17) is 9.47 Å². The van der Waals surface area contributed by atoms with Gasteiger partial charge in [-0.25, -0.2) is 0 Å². The van der Waals surface area contributed by atoms with Crippen LogP contribution in [0.15, 0.2) is 0 Å². The number of hydrogen-bond donors (Lipinski definition) is 1. The molecule has 0 aromatic rings. The lowest BCUT2D eigenvalue weighted by Gasteiger charge is -2.11. The van der Waals surface area contributed by atoms with Crippen molar-refractivity contribution in [2.75, 3.05) is 40.0 Å². The third kappa shape index (κ3) is 11.8. The molecule has 0 bridgehead atoms. The predicted molar refractivity (Wildman–Crippen MR) is 64.3 cm³/mol. The minimum Gasteiger partial charge on any atom is -0.382 e. The quantitative estimate of drug-likeness (QED) is 0.537. The first-order chi connectivity index (χ1) is 7.31. The second-order valence-electron chi connectivity index (χ2n) is 3.99. The zero-order valence-electron chi connectivity index (χ0n) is 10.6. The second-order valence-corrected chi connectivity index (χ2v) is 3.99. The minimum absolute atomic E-state index is 0.704. The molecule has 0 heterocycles. The van der Waals surface area contributed by atoms with E-state index in [1.54, 1.807) is 7.11 Å². The molecular formula is C12H27NO2. The highest BCUT2D eigenvalue weighted by Crippen LogP contribution is 2.09. The van der Waals surface area contributed by atoms with E-state index in [1.807, 2.05) is 0 Å². The van der Waals surface area contributed by atoms with E-state index in [0.717, 1.165) is 38.6 Å². The molecule has 0 saturated carbocycles. The lowest BCUT2D eigenvalue weighted by molar-refractivity contribution is 0.0673. The maximum Gasteiger partial charge on any atom is 0.0700 e. The van der Waals surface area contributed by atoms with Crippen LogP contribution < -0.4 is 5.32 Å². The normalized spacial score (nSPS) is 13.0. The van der Waals surface area contributed by atoms with Gasteiger partial charge in [-0.1, -0.05) is 13.8 Å². The SMILES string of the molecule is CCNCCC(C)CCCOCCOC. The summed E-state index contributed by atoms with van der Waals surface area (Å²) < 4.78 is 10.3. The highest BCUT2D eigenvalue weighted by Gasteiger charge is 2.01. The molecule has 0 saturated heterocycles. The van der Waals surface area contributed by atoms with Gasteiger partial charge in [0.25, 0.3) is 0 Å². The topological polar surface area (TPSA) is 30.5 Å². The number of nitrogens with one attached hydrogen (secondary N) is 1. The summed E-state index contributed by atoms with van der Waals surface area (Å²) >= 11 is 0. The van der Waals surface area contributed by atoms with Gasteiger partial charge in [0, 0.05) is 13.7 Å². The van der Waals surface area contributed by atoms with Gasteiger partial charge in [0.05, 0.1) is 13.2 Å². The number of ether oxygens (including phenoxy) is 2. The van der Waals surface area contributed by atoms with E-state index in [0.29, 0.717) is 6.61 Å². The molecule has 1 unspecified atom stereocenters. The lowest BCUT2D eigenvalue weighted by Crippen LogP contribution is -2.16. The van der Waals surface area contributed by atoms with Crippen LogP contribution in [0.5, 0.6) is 0 Å². The Balaban J connectivity index is 3.06. The number of methoxy groups -OCH3 is 1. The molecule has 0 fully saturated rings. The molecule has 0 amide bonds. The van der Waals surface area contributed by atoms with Crippen LogP contribution in [0.4, 0.5) is 0 Å². The van der Waals surface area contributed by atoms with Crippen molar-refractivity contribution in [3.8, 4) is 0 Å². The Hall–Kier alpha value is -0.120. The van der Waals surface area contributed by atoms with Crippen LogP contribution in [0.1, 0.15) is 33.1 Å². The van der Waals surface area contributed by atoms with Crippen LogP contribution in [0.25, 0.3) is 0 Å². The van der Waals surface area contributed by atoms with Crippen molar-refractivity contribution >= 4 is 0 Å². The van der Waals surface area contributed by atoms with Gasteiger partial charge in [0.2, 0.25) is 0 Å². The molecule has 3 heteroatoms. The number of hydrogen-bond acceptors (Lipinski definition) is 3. The van der Waals surface area contributed by atoms with Crippen LogP contribution in [0.3, 0.4) is 0 Å². The molecule has 1 atom stereocenters. The molecule has 0 spiro atoms. The average Bonchev–Trinajstić information content (AvgIpc) is 2.23. The van der Waals surface area contributed by atoms with Crippen LogP contribution in [-0.2, 0) is 9.47 Å². The molecule has 0 aromatic heterocycles. The van der Waals surface area contributed by atoms with Gasteiger partial charge in [0.15, 0.2) is 0 Å². The van der Waals surface area contributed by atoms with Gasteiger partial charge in [-0.3, -0.25) is 0 Å². The zero-order chi connectivity index (χ0) is 11.4. The number of rotatable bonds is 11. The third-order valence-corrected chi connectivity index (χ3v) is 2.48. The summed E-state index contributed by atoms with van der Waals surface area (Å²) in [6.45, 7) is 8.98. The first-order valence-corrected chi connectivity index (χ1v) is 6.08. The van der Waals surface area contributed by atoms with E-state index in [-0.39, 0.29) is 0 Å². The van der Waals surface area contributed by atoms with Gasteiger partial charge in [-0.05, 0) is 38.3 Å². The molecular weight excluding hydrogens is 190 g/mol. The monoisotopic (exact) mass is 217 g/mol. The molecule has 0 radical (unpaired) electrons. The molecule has 0 aliphatic rings. The van der Waals surface area contributed by atoms with Crippen molar-refractivity contribution in [2.45, 2.75) is 33.1 Å². The molecule has 0 aliphatic carbocycles. The standard InChI is InChI=1S/C12H27NO2/c1-4-13-8-7-12(2)6-5-9-15-11-10-14-3/h12-13H,4-11H2,1-3H3. The van der Waals surface area contributed by atoms with Crippen LogP contribution in [0.2, 0.25) is 0 Å².